The standard InChI is InChI=1S/C22H21F3N4O2/c1-27-21(31)29(16-9-3-2-4-10-16)19(26-27)15-8-7-13-28(14-15)20(30)17-11-5-6-12-18(17)22(23,24)25/h2-6,9-12,15H,7-8,13-14H2,1H3/t15-/m0/s1. The minimum absolute atomic E-state index is 0.189. The number of aromatic nitrogens is 3. The number of halogens is 3. The lowest BCUT2D eigenvalue weighted by atomic mass is 9.95. The van der Waals surface area contributed by atoms with E-state index in [0.29, 0.717) is 30.9 Å². The monoisotopic (exact) mass is 430 g/mol. The van der Waals surface area contributed by atoms with Crippen LogP contribution in [0.5, 0.6) is 0 Å². The normalized spacial score (nSPS) is 17.0. The fourth-order valence-corrected chi connectivity index (χ4v) is 4.03. The second-order valence-corrected chi connectivity index (χ2v) is 7.57. The van der Waals surface area contributed by atoms with Crippen molar-refractivity contribution in [3.8, 4) is 5.69 Å². The molecular formula is C22H21F3N4O2. The Morgan fingerprint density at radius 2 is 1.74 bits per heavy atom. The molecule has 1 saturated heterocycles. The molecule has 0 radical (unpaired) electrons. The lowest BCUT2D eigenvalue weighted by molar-refractivity contribution is -0.138. The molecule has 6 nitrogen and oxygen atoms in total. The van der Waals surface area contributed by atoms with Gasteiger partial charge in [-0.25, -0.2) is 14.0 Å². The van der Waals surface area contributed by atoms with Gasteiger partial charge in [-0.2, -0.15) is 18.3 Å². The van der Waals surface area contributed by atoms with Crippen LogP contribution >= 0.6 is 0 Å². The number of piperidine rings is 1. The lowest BCUT2D eigenvalue weighted by Crippen LogP contribution is -2.40. The van der Waals surface area contributed by atoms with E-state index in [1.54, 1.807) is 19.2 Å². The highest BCUT2D eigenvalue weighted by atomic mass is 19.4. The molecule has 0 aliphatic carbocycles. The summed E-state index contributed by atoms with van der Waals surface area (Å²) in [4.78, 5) is 27.1. The summed E-state index contributed by atoms with van der Waals surface area (Å²) in [6, 6.07) is 13.9. The molecule has 31 heavy (non-hydrogen) atoms. The van der Waals surface area contributed by atoms with Crippen LogP contribution in [0.4, 0.5) is 13.2 Å². The van der Waals surface area contributed by atoms with Crippen molar-refractivity contribution >= 4 is 5.91 Å². The highest BCUT2D eigenvalue weighted by Crippen LogP contribution is 2.34. The van der Waals surface area contributed by atoms with Gasteiger partial charge in [0.1, 0.15) is 5.82 Å². The maximum atomic E-state index is 13.4. The molecule has 3 aromatic rings. The first kappa shape index (κ1) is 20.9. The fourth-order valence-electron chi connectivity index (χ4n) is 4.03. The minimum atomic E-state index is -4.61. The van der Waals surface area contributed by atoms with E-state index < -0.39 is 17.6 Å². The van der Waals surface area contributed by atoms with E-state index in [1.165, 1.54) is 32.3 Å². The Balaban J connectivity index is 1.67. The number of carbonyl (C=O) groups is 1. The molecule has 0 bridgehead atoms. The number of aryl methyl sites for hydroxylation is 1. The van der Waals surface area contributed by atoms with E-state index in [0.717, 1.165) is 6.07 Å². The van der Waals surface area contributed by atoms with Gasteiger partial charge in [-0.3, -0.25) is 4.79 Å². The van der Waals surface area contributed by atoms with Crippen molar-refractivity contribution in [2.75, 3.05) is 13.1 Å². The van der Waals surface area contributed by atoms with Crippen LogP contribution in [-0.4, -0.2) is 38.2 Å². The third-order valence-corrected chi connectivity index (χ3v) is 5.50. The van der Waals surface area contributed by atoms with Gasteiger partial charge in [0.15, 0.2) is 0 Å². The highest BCUT2D eigenvalue weighted by molar-refractivity contribution is 5.96. The number of rotatable bonds is 3. The molecule has 0 N–H and O–H groups in total. The van der Waals surface area contributed by atoms with E-state index in [4.69, 9.17) is 0 Å². The van der Waals surface area contributed by atoms with E-state index in [2.05, 4.69) is 5.10 Å². The van der Waals surface area contributed by atoms with Crippen molar-refractivity contribution in [3.63, 3.8) is 0 Å². The Bertz CT molecular complexity index is 1150. The summed E-state index contributed by atoms with van der Waals surface area (Å²) < 4.78 is 42.9. The molecule has 0 unspecified atom stereocenters. The van der Waals surface area contributed by atoms with Crippen molar-refractivity contribution in [3.05, 3.63) is 82.0 Å². The van der Waals surface area contributed by atoms with Crippen LogP contribution in [0.25, 0.3) is 5.69 Å². The smallest absolute Gasteiger partial charge is 0.338 e. The molecule has 162 valence electrons. The van der Waals surface area contributed by atoms with Gasteiger partial charge in [-0.05, 0) is 37.1 Å². The first-order chi connectivity index (χ1) is 14.8. The first-order valence-electron chi connectivity index (χ1n) is 9.94. The zero-order valence-electron chi connectivity index (χ0n) is 16.8. The SMILES string of the molecule is Cn1nc([C@H]2CCCN(C(=O)c3ccccc3C(F)(F)F)C2)n(-c2ccccc2)c1=O. The Kier molecular flexibility index (Phi) is 5.43. The number of likely N-dealkylation sites (tertiary alicyclic amines) is 1. The first-order valence-corrected chi connectivity index (χ1v) is 9.94. The van der Waals surface area contributed by atoms with Gasteiger partial charge in [-0.1, -0.05) is 30.3 Å². The second kappa shape index (κ2) is 8.05. The lowest BCUT2D eigenvalue weighted by Gasteiger charge is -2.33. The summed E-state index contributed by atoms with van der Waals surface area (Å²) in [6.07, 6.45) is -3.34. The molecule has 1 aromatic heterocycles. The number of carbonyl (C=O) groups excluding carboxylic acids is 1. The zero-order chi connectivity index (χ0) is 22.2. The maximum absolute atomic E-state index is 13.4. The maximum Gasteiger partial charge on any atom is 0.417 e. The summed E-state index contributed by atoms with van der Waals surface area (Å²) in [6.45, 7) is 0.540. The fraction of sp³-hybridized carbons (Fsp3) is 0.318. The largest absolute Gasteiger partial charge is 0.417 e. The predicted molar refractivity (Wildman–Crippen MR) is 108 cm³/mol. The van der Waals surface area contributed by atoms with Crippen LogP contribution in [0.1, 0.15) is 40.5 Å². The number of para-hydroxylation sites is 1. The molecule has 1 atom stereocenters. The number of benzene rings is 2. The van der Waals surface area contributed by atoms with Gasteiger partial charge in [0.2, 0.25) is 0 Å². The molecule has 1 fully saturated rings. The summed E-state index contributed by atoms with van der Waals surface area (Å²) in [5.74, 6) is -0.438. The van der Waals surface area contributed by atoms with E-state index in [9.17, 15) is 22.8 Å². The molecule has 2 aromatic carbocycles. The van der Waals surface area contributed by atoms with Gasteiger partial charge in [0.25, 0.3) is 5.91 Å². The van der Waals surface area contributed by atoms with Gasteiger partial charge in [0, 0.05) is 26.1 Å². The third kappa shape index (κ3) is 3.99. The van der Waals surface area contributed by atoms with Crippen molar-refractivity contribution in [2.24, 2.45) is 7.05 Å². The molecule has 1 aliphatic rings. The molecule has 0 saturated carbocycles. The average molecular weight is 430 g/mol. The van der Waals surface area contributed by atoms with E-state index in [-0.39, 0.29) is 23.7 Å². The number of hydrogen-bond acceptors (Lipinski definition) is 3. The van der Waals surface area contributed by atoms with Crippen LogP contribution in [0.2, 0.25) is 0 Å². The van der Waals surface area contributed by atoms with Crippen LogP contribution in [0, 0.1) is 0 Å². The van der Waals surface area contributed by atoms with Gasteiger partial charge < -0.3 is 4.90 Å². The topological polar surface area (TPSA) is 60.1 Å². The molecule has 4 rings (SSSR count). The zero-order valence-corrected chi connectivity index (χ0v) is 16.8. The van der Waals surface area contributed by atoms with Gasteiger partial charge in [-0.15, -0.1) is 0 Å². The summed E-state index contributed by atoms with van der Waals surface area (Å²) >= 11 is 0. The predicted octanol–water partition coefficient (Wildman–Crippen LogP) is 3.61. The van der Waals surface area contributed by atoms with E-state index >= 15 is 0 Å². The Hall–Kier alpha value is -3.36. The van der Waals surface area contributed by atoms with Crippen molar-refractivity contribution < 1.29 is 18.0 Å². The average Bonchev–Trinajstić information content (AvgIpc) is 3.08. The molecule has 2 heterocycles. The van der Waals surface area contributed by atoms with Crippen LogP contribution < -0.4 is 5.69 Å². The van der Waals surface area contributed by atoms with E-state index in [1.807, 2.05) is 18.2 Å². The molecule has 1 aliphatic heterocycles. The minimum Gasteiger partial charge on any atom is -0.338 e. The molecule has 1 amide bonds. The van der Waals surface area contributed by atoms with Crippen LogP contribution in [0.15, 0.2) is 59.4 Å². The Labute approximate surface area is 176 Å². The summed E-state index contributed by atoms with van der Waals surface area (Å²) in [5, 5.41) is 4.38. The van der Waals surface area contributed by atoms with Gasteiger partial charge >= 0.3 is 11.9 Å². The van der Waals surface area contributed by atoms with Crippen LogP contribution in [0.3, 0.4) is 0 Å². The highest BCUT2D eigenvalue weighted by Gasteiger charge is 2.37. The Morgan fingerprint density at radius 3 is 2.45 bits per heavy atom. The molecule has 0 spiro atoms. The van der Waals surface area contributed by atoms with Gasteiger partial charge in [0.05, 0.1) is 16.8 Å². The quantitative estimate of drug-likeness (QED) is 0.638. The summed E-state index contributed by atoms with van der Waals surface area (Å²) in [5.41, 5.74) is -0.966. The van der Waals surface area contributed by atoms with Crippen LogP contribution in [-0.2, 0) is 13.2 Å². The van der Waals surface area contributed by atoms with Crippen molar-refractivity contribution in [1.82, 2.24) is 19.2 Å². The number of amides is 1. The van der Waals surface area contributed by atoms with Crippen molar-refractivity contribution in [2.45, 2.75) is 24.9 Å². The number of nitrogens with zero attached hydrogens (tertiary/aromatic N) is 4. The Morgan fingerprint density at radius 1 is 1.06 bits per heavy atom. The second-order valence-electron chi connectivity index (χ2n) is 7.57. The molecule has 9 heteroatoms. The van der Waals surface area contributed by atoms with Crippen molar-refractivity contribution in [1.29, 1.82) is 0 Å². The molecular weight excluding hydrogens is 409 g/mol. The third-order valence-electron chi connectivity index (χ3n) is 5.50. The number of hydrogen-bond donors (Lipinski definition) is 0. The summed E-state index contributed by atoms with van der Waals surface area (Å²) in [7, 11) is 1.55. The number of alkyl halides is 3.